The molecule has 0 aliphatic carbocycles. The number of nitro benzene ring substituents is 1. The molecule has 3 rings (SSSR count). The SMILES string of the molecule is CCOc1ccc(N=C2NC(=O)/C(=C\c3ccc(C)c([N+](=O)[O-])c3)S2)cc1. The molecule has 0 atom stereocenters. The molecule has 1 saturated heterocycles. The van der Waals surface area contributed by atoms with Gasteiger partial charge in [0, 0.05) is 11.6 Å². The Hall–Kier alpha value is -3.13. The predicted molar refractivity (Wildman–Crippen MR) is 106 cm³/mol. The number of benzene rings is 2. The average molecular weight is 383 g/mol. The van der Waals surface area contributed by atoms with Crippen molar-refractivity contribution in [3.05, 3.63) is 68.6 Å². The quantitative estimate of drug-likeness (QED) is 0.475. The van der Waals surface area contributed by atoms with E-state index < -0.39 is 4.92 Å². The fraction of sp³-hybridized carbons (Fsp3) is 0.158. The summed E-state index contributed by atoms with van der Waals surface area (Å²) in [6.07, 6.45) is 1.62. The van der Waals surface area contributed by atoms with E-state index in [1.807, 2.05) is 19.1 Å². The summed E-state index contributed by atoms with van der Waals surface area (Å²) >= 11 is 1.19. The predicted octanol–water partition coefficient (Wildman–Crippen LogP) is 4.19. The van der Waals surface area contributed by atoms with Gasteiger partial charge in [-0.2, -0.15) is 0 Å². The van der Waals surface area contributed by atoms with E-state index in [0.717, 1.165) is 5.75 Å². The molecule has 0 aromatic heterocycles. The van der Waals surface area contributed by atoms with Gasteiger partial charge in [-0.3, -0.25) is 14.9 Å². The van der Waals surface area contributed by atoms with Crippen LogP contribution in [0.3, 0.4) is 0 Å². The Morgan fingerprint density at radius 2 is 2.00 bits per heavy atom. The average Bonchev–Trinajstić information content (AvgIpc) is 2.97. The van der Waals surface area contributed by atoms with E-state index >= 15 is 0 Å². The van der Waals surface area contributed by atoms with Gasteiger partial charge in [0.05, 0.1) is 22.1 Å². The van der Waals surface area contributed by atoms with Crippen LogP contribution in [0, 0.1) is 17.0 Å². The maximum absolute atomic E-state index is 12.2. The number of carbonyl (C=O) groups excluding carboxylic acids is 1. The number of nitro groups is 1. The standard InChI is InChI=1S/C19H17N3O4S/c1-3-26-15-8-6-14(7-9-15)20-19-21-18(23)17(27-19)11-13-5-4-12(2)16(10-13)22(24)25/h4-11H,3H2,1-2H3,(H,20,21,23)/b17-11+. The van der Waals surface area contributed by atoms with Crippen molar-refractivity contribution in [2.24, 2.45) is 4.99 Å². The summed E-state index contributed by atoms with van der Waals surface area (Å²) in [4.78, 5) is 27.6. The zero-order valence-electron chi connectivity index (χ0n) is 14.8. The number of thioether (sulfide) groups is 1. The first-order chi connectivity index (χ1) is 13.0. The van der Waals surface area contributed by atoms with Crippen LogP contribution in [-0.2, 0) is 4.79 Å². The van der Waals surface area contributed by atoms with Crippen molar-refractivity contribution in [2.45, 2.75) is 13.8 Å². The van der Waals surface area contributed by atoms with Gasteiger partial charge >= 0.3 is 0 Å². The highest BCUT2D eigenvalue weighted by molar-refractivity contribution is 8.18. The van der Waals surface area contributed by atoms with Gasteiger partial charge in [-0.15, -0.1) is 0 Å². The molecule has 1 aliphatic rings. The van der Waals surface area contributed by atoms with Crippen LogP contribution in [0.4, 0.5) is 11.4 Å². The second-order valence-corrected chi connectivity index (χ2v) is 6.74. The number of rotatable bonds is 5. The molecule has 27 heavy (non-hydrogen) atoms. The topological polar surface area (TPSA) is 93.8 Å². The highest BCUT2D eigenvalue weighted by Crippen LogP contribution is 2.30. The van der Waals surface area contributed by atoms with E-state index in [1.54, 1.807) is 37.3 Å². The van der Waals surface area contributed by atoms with Crippen molar-refractivity contribution in [2.75, 3.05) is 6.61 Å². The van der Waals surface area contributed by atoms with Crippen LogP contribution in [-0.4, -0.2) is 22.6 Å². The zero-order valence-corrected chi connectivity index (χ0v) is 15.6. The smallest absolute Gasteiger partial charge is 0.272 e. The van der Waals surface area contributed by atoms with Gasteiger partial charge in [-0.05, 0) is 61.5 Å². The van der Waals surface area contributed by atoms with Crippen LogP contribution in [0.5, 0.6) is 5.75 Å². The van der Waals surface area contributed by atoms with E-state index in [4.69, 9.17) is 4.74 Å². The first-order valence-corrected chi connectivity index (χ1v) is 9.05. The molecule has 1 fully saturated rings. The Balaban J connectivity index is 1.80. The molecule has 0 saturated carbocycles. The number of nitrogens with one attached hydrogen (secondary N) is 1. The van der Waals surface area contributed by atoms with Crippen LogP contribution in [0.15, 0.2) is 52.4 Å². The van der Waals surface area contributed by atoms with Gasteiger partial charge in [0.2, 0.25) is 0 Å². The Labute approximate surface area is 160 Å². The molecule has 0 radical (unpaired) electrons. The van der Waals surface area contributed by atoms with Gasteiger partial charge in [-0.25, -0.2) is 4.99 Å². The lowest BCUT2D eigenvalue weighted by Gasteiger charge is -2.02. The van der Waals surface area contributed by atoms with Gasteiger partial charge < -0.3 is 10.1 Å². The van der Waals surface area contributed by atoms with E-state index in [1.165, 1.54) is 17.8 Å². The maximum atomic E-state index is 12.2. The molecule has 0 spiro atoms. The van der Waals surface area contributed by atoms with E-state index in [2.05, 4.69) is 10.3 Å². The minimum atomic E-state index is -0.433. The second-order valence-electron chi connectivity index (χ2n) is 5.71. The highest BCUT2D eigenvalue weighted by atomic mass is 32.2. The van der Waals surface area contributed by atoms with Crippen molar-refractivity contribution in [1.29, 1.82) is 0 Å². The van der Waals surface area contributed by atoms with Crippen molar-refractivity contribution < 1.29 is 14.5 Å². The number of aryl methyl sites for hydroxylation is 1. The first kappa shape index (κ1) is 18.7. The lowest BCUT2D eigenvalue weighted by molar-refractivity contribution is -0.385. The lowest BCUT2D eigenvalue weighted by atomic mass is 10.1. The molecule has 7 nitrogen and oxygen atoms in total. The van der Waals surface area contributed by atoms with Crippen molar-refractivity contribution in [3.63, 3.8) is 0 Å². The Kier molecular flexibility index (Phi) is 5.56. The number of aliphatic imine (C=N–C) groups is 1. The number of nitrogens with zero attached hydrogens (tertiary/aromatic N) is 2. The van der Waals surface area contributed by atoms with Gasteiger partial charge in [0.25, 0.3) is 11.6 Å². The summed E-state index contributed by atoms with van der Waals surface area (Å²) in [6, 6.07) is 12.1. The molecule has 1 heterocycles. The first-order valence-electron chi connectivity index (χ1n) is 8.23. The van der Waals surface area contributed by atoms with E-state index in [-0.39, 0.29) is 11.6 Å². The molecule has 138 valence electrons. The molecular formula is C19H17N3O4S. The van der Waals surface area contributed by atoms with Gasteiger partial charge in [0.1, 0.15) is 5.75 Å². The van der Waals surface area contributed by atoms with Crippen molar-refractivity contribution in [1.82, 2.24) is 5.32 Å². The lowest BCUT2D eigenvalue weighted by Crippen LogP contribution is -2.19. The molecule has 8 heteroatoms. The third-order valence-corrected chi connectivity index (χ3v) is 4.67. The van der Waals surface area contributed by atoms with Crippen LogP contribution >= 0.6 is 11.8 Å². The largest absolute Gasteiger partial charge is 0.494 e. The van der Waals surface area contributed by atoms with Crippen LogP contribution < -0.4 is 10.1 Å². The van der Waals surface area contributed by atoms with E-state index in [9.17, 15) is 14.9 Å². The van der Waals surface area contributed by atoms with Crippen LogP contribution in [0.2, 0.25) is 0 Å². The summed E-state index contributed by atoms with van der Waals surface area (Å²) in [6.45, 7) is 4.17. The minimum absolute atomic E-state index is 0.0241. The maximum Gasteiger partial charge on any atom is 0.272 e. The van der Waals surface area contributed by atoms with Crippen LogP contribution in [0.25, 0.3) is 6.08 Å². The molecule has 2 aromatic carbocycles. The van der Waals surface area contributed by atoms with Crippen molar-refractivity contribution >= 4 is 40.3 Å². The normalized spacial score (nSPS) is 16.6. The number of carbonyl (C=O) groups is 1. The number of ether oxygens (including phenoxy) is 1. The van der Waals surface area contributed by atoms with Gasteiger partial charge in [0.15, 0.2) is 5.17 Å². The monoisotopic (exact) mass is 383 g/mol. The molecule has 1 aliphatic heterocycles. The summed E-state index contributed by atoms with van der Waals surface area (Å²) in [5.74, 6) is 0.471. The summed E-state index contributed by atoms with van der Waals surface area (Å²) in [5.41, 5.74) is 1.88. The molecule has 1 amide bonds. The number of hydrogen-bond donors (Lipinski definition) is 1. The van der Waals surface area contributed by atoms with Crippen molar-refractivity contribution in [3.8, 4) is 5.75 Å². The summed E-state index contributed by atoms with van der Waals surface area (Å²) in [7, 11) is 0. The highest BCUT2D eigenvalue weighted by Gasteiger charge is 2.24. The third kappa shape index (κ3) is 4.53. The van der Waals surface area contributed by atoms with Gasteiger partial charge in [-0.1, -0.05) is 12.1 Å². The number of amides is 1. The Morgan fingerprint density at radius 1 is 1.26 bits per heavy atom. The molecule has 0 unspecified atom stereocenters. The van der Waals surface area contributed by atoms with E-state index in [0.29, 0.717) is 33.5 Å². The fourth-order valence-electron chi connectivity index (χ4n) is 2.45. The molecule has 1 N–H and O–H groups in total. The zero-order chi connectivity index (χ0) is 19.4. The molecule has 0 bridgehead atoms. The Bertz CT molecular complexity index is 952. The third-order valence-electron chi connectivity index (χ3n) is 3.76. The summed E-state index contributed by atoms with van der Waals surface area (Å²) in [5, 5.41) is 14.2. The minimum Gasteiger partial charge on any atom is -0.494 e. The fourth-order valence-corrected chi connectivity index (χ4v) is 3.29. The molecule has 2 aromatic rings. The van der Waals surface area contributed by atoms with Crippen LogP contribution in [0.1, 0.15) is 18.1 Å². The number of hydrogen-bond acceptors (Lipinski definition) is 6. The Morgan fingerprint density at radius 3 is 2.67 bits per heavy atom. The number of amidine groups is 1. The second kappa shape index (κ2) is 8.05. The summed E-state index contributed by atoms with van der Waals surface area (Å²) < 4.78 is 5.39. The molecular weight excluding hydrogens is 366 g/mol.